The molecule has 1 aliphatic heterocycles. The Hall–Kier alpha value is -3.57. The molecule has 0 radical (unpaired) electrons. The van der Waals surface area contributed by atoms with Gasteiger partial charge >= 0.3 is 0 Å². The van der Waals surface area contributed by atoms with E-state index >= 15 is 0 Å². The van der Waals surface area contributed by atoms with Gasteiger partial charge in [-0.1, -0.05) is 54.5 Å². The van der Waals surface area contributed by atoms with Crippen LogP contribution in [0.4, 0.5) is 5.82 Å². The molecule has 0 aliphatic carbocycles. The van der Waals surface area contributed by atoms with Gasteiger partial charge in [-0.05, 0) is 34.4 Å². The zero-order valence-corrected chi connectivity index (χ0v) is 20.0. The van der Waals surface area contributed by atoms with Crippen molar-refractivity contribution in [1.29, 1.82) is 0 Å². The molecule has 10 nitrogen and oxygen atoms in total. The minimum absolute atomic E-state index is 0.0112. The van der Waals surface area contributed by atoms with Gasteiger partial charge in [-0.25, -0.2) is 4.98 Å². The molecule has 1 fully saturated rings. The molecular formula is C25H23ClN6O4. The molecule has 3 N–H and O–H groups in total. The summed E-state index contributed by atoms with van der Waals surface area (Å²) in [6.45, 7) is 2.43. The van der Waals surface area contributed by atoms with Gasteiger partial charge in [0.1, 0.15) is 18.3 Å². The minimum atomic E-state index is -1.26. The van der Waals surface area contributed by atoms with Gasteiger partial charge < -0.3 is 24.8 Å². The number of fused-ring (bicyclic) bond motifs is 2. The predicted molar refractivity (Wildman–Crippen MR) is 132 cm³/mol. The van der Waals surface area contributed by atoms with Crippen molar-refractivity contribution < 1.29 is 19.5 Å². The maximum absolute atomic E-state index is 10.8. The molecule has 1 aliphatic rings. The van der Waals surface area contributed by atoms with E-state index in [0.29, 0.717) is 35.7 Å². The van der Waals surface area contributed by atoms with E-state index in [1.807, 2.05) is 31.2 Å². The van der Waals surface area contributed by atoms with Crippen molar-refractivity contribution in [3.8, 4) is 0 Å². The summed E-state index contributed by atoms with van der Waals surface area (Å²) in [5.41, 5.74) is 2.64. The first-order valence-corrected chi connectivity index (χ1v) is 12.0. The molecule has 184 valence electrons. The molecule has 11 heteroatoms. The average molecular weight is 507 g/mol. The van der Waals surface area contributed by atoms with E-state index in [4.69, 9.17) is 20.9 Å². The first-order chi connectivity index (χ1) is 17.5. The maximum Gasteiger partial charge on any atom is 0.226 e. The number of rotatable bonds is 6. The Morgan fingerprint density at radius 2 is 1.92 bits per heavy atom. The largest absolute Gasteiger partial charge is 0.387 e. The Balaban J connectivity index is 1.31. The average Bonchev–Trinajstić information content (AvgIpc) is 3.61. The molecule has 4 heterocycles. The van der Waals surface area contributed by atoms with Crippen LogP contribution in [0, 0.1) is 0 Å². The fourth-order valence-electron chi connectivity index (χ4n) is 4.58. The number of aliphatic hydroxyl groups excluding tert-OH is 2. The third-order valence-corrected chi connectivity index (χ3v) is 6.62. The van der Waals surface area contributed by atoms with Crippen molar-refractivity contribution in [2.45, 2.75) is 44.4 Å². The first kappa shape index (κ1) is 22.9. The number of ether oxygens (including phenoxy) is 1. The van der Waals surface area contributed by atoms with E-state index in [1.54, 1.807) is 6.07 Å². The Labute approximate surface area is 210 Å². The molecular weight excluding hydrogens is 484 g/mol. The molecule has 6 rings (SSSR count). The van der Waals surface area contributed by atoms with Crippen LogP contribution in [-0.2, 0) is 17.7 Å². The second kappa shape index (κ2) is 9.14. The van der Waals surface area contributed by atoms with Gasteiger partial charge in [0, 0.05) is 12.6 Å². The normalized spacial score (nSPS) is 22.0. The highest BCUT2D eigenvalue weighted by atomic mass is 35.5. The van der Waals surface area contributed by atoms with Crippen molar-refractivity contribution in [3.63, 3.8) is 0 Å². The zero-order chi connectivity index (χ0) is 24.8. The van der Waals surface area contributed by atoms with Crippen molar-refractivity contribution in [1.82, 2.24) is 24.7 Å². The van der Waals surface area contributed by atoms with Crippen LogP contribution in [0.15, 0.2) is 59.4 Å². The zero-order valence-electron chi connectivity index (χ0n) is 19.2. The number of imidazole rings is 1. The molecule has 5 aromatic rings. The lowest BCUT2D eigenvalue weighted by molar-refractivity contribution is -0.0434. The van der Waals surface area contributed by atoms with Gasteiger partial charge in [0.15, 0.2) is 29.0 Å². The molecule has 0 unspecified atom stereocenters. The van der Waals surface area contributed by atoms with Gasteiger partial charge in [0.05, 0.1) is 12.0 Å². The monoisotopic (exact) mass is 506 g/mol. The van der Waals surface area contributed by atoms with E-state index in [1.165, 1.54) is 10.9 Å². The molecule has 0 bridgehead atoms. The SMILES string of the molecule is CCc1cc([C@H]2O[C@@H](n3cnc4c(NCc5cccc6ccccc56)nc(Cl)nc43)[C@H](O)[C@@H]2O)on1. The number of aryl methyl sites for hydroxylation is 1. The Kier molecular flexibility index (Phi) is 5.81. The topological polar surface area (TPSA) is 131 Å². The van der Waals surface area contributed by atoms with Crippen molar-refractivity contribution in [3.05, 3.63) is 77.2 Å². The molecule has 4 atom stereocenters. The molecule has 1 saturated heterocycles. The minimum Gasteiger partial charge on any atom is -0.387 e. The first-order valence-electron chi connectivity index (χ1n) is 11.6. The van der Waals surface area contributed by atoms with E-state index in [-0.39, 0.29) is 5.28 Å². The standard InChI is InChI=1S/C25H23ClN6O4/c1-2-15-10-17(36-31-15)21-19(33)20(34)24(35-21)32-12-28-18-22(29-25(26)30-23(18)32)27-11-14-8-5-7-13-6-3-4-9-16(13)14/h3-10,12,19-21,24,33-34H,2,11H2,1H3,(H,27,29,30)/t19-,20+,21+,24+/m0/s1. The molecule has 2 aromatic carbocycles. The van der Waals surface area contributed by atoms with E-state index in [0.717, 1.165) is 22.0 Å². The number of hydrogen-bond donors (Lipinski definition) is 3. The molecule has 3 aromatic heterocycles. The lowest BCUT2D eigenvalue weighted by Gasteiger charge is -2.16. The highest BCUT2D eigenvalue weighted by molar-refractivity contribution is 6.28. The number of aliphatic hydroxyl groups is 2. The fourth-order valence-corrected chi connectivity index (χ4v) is 4.74. The van der Waals surface area contributed by atoms with Crippen molar-refractivity contribution in [2.75, 3.05) is 5.32 Å². The third-order valence-electron chi connectivity index (χ3n) is 6.45. The van der Waals surface area contributed by atoms with Gasteiger partial charge in [0.25, 0.3) is 0 Å². The van der Waals surface area contributed by atoms with Gasteiger partial charge in [-0.15, -0.1) is 0 Å². The van der Waals surface area contributed by atoms with E-state index in [2.05, 4.69) is 43.6 Å². The van der Waals surface area contributed by atoms with Crippen LogP contribution < -0.4 is 5.32 Å². The number of aromatic nitrogens is 5. The van der Waals surface area contributed by atoms with Crippen molar-refractivity contribution >= 4 is 39.4 Å². The van der Waals surface area contributed by atoms with Crippen LogP contribution in [0.2, 0.25) is 5.28 Å². The summed E-state index contributed by atoms with van der Waals surface area (Å²) in [4.78, 5) is 13.1. The predicted octanol–water partition coefficient (Wildman–Crippen LogP) is 3.79. The summed E-state index contributed by atoms with van der Waals surface area (Å²) in [5, 5.41) is 31.0. The molecule has 36 heavy (non-hydrogen) atoms. The Morgan fingerprint density at radius 3 is 2.75 bits per heavy atom. The summed E-state index contributed by atoms with van der Waals surface area (Å²) < 4.78 is 12.9. The van der Waals surface area contributed by atoms with Gasteiger partial charge in [0.2, 0.25) is 5.28 Å². The maximum atomic E-state index is 10.8. The second-order valence-corrected chi connectivity index (χ2v) is 9.00. The quantitative estimate of drug-likeness (QED) is 0.294. The number of benzene rings is 2. The van der Waals surface area contributed by atoms with Gasteiger partial charge in [-0.2, -0.15) is 9.97 Å². The highest BCUT2D eigenvalue weighted by Gasteiger charge is 2.47. The summed E-state index contributed by atoms with van der Waals surface area (Å²) in [5.74, 6) is 0.791. The van der Waals surface area contributed by atoms with Crippen LogP contribution in [0.3, 0.4) is 0 Å². The number of nitrogens with one attached hydrogen (secondary N) is 1. The highest BCUT2D eigenvalue weighted by Crippen LogP contribution is 2.40. The second-order valence-electron chi connectivity index (χ2n) is 8.66. The van der Waals surface area contributed by atoms with Crippen LogP contribution >= 0.6 is 11.6 Å². The summed E-state index contributed by atoms with van der Waals surface area (Å²) in [7, 11) is 0. The van der Waals surface area contributed by atoms with Crippen molar-refractivity contribution in [2.24, 2.45) is 0 Å². The molecule has 0 spiro atoms. The van der Waals surface area contributed by atoms with E-state index < -0.39 is 24.5 Å². The lowest BCUT2D eigenvalue weighted by atomic mass is 10.0. The van der Waals surface area contributed by atoms with E-state index in [9.17, 15) is 10.2 Å². The molecule has 0 amide bonds. The fraction of sp³-hybridized carbons (Fsp3) is 0.280. The summed E-state index contributed by atoms with van der Waals surface area (Å²) >= 11 is 6.27. The van der Waals surface area contributed by atoms with Crippen LogP contribution in [0.25, 0.3) is 21.9 Å². The van der Waals surface area contributed by atoms with Crippen LogP contribution in [-0.4, -0.2) is 47.1 Å². The Bertz CT molecular complexity index is 1550. The number of nitrogens with zero attached hydrogens (tertiary/aromatic N) is 5. The molecule has 0 saturated carbocycles. The smallest absolute Gasteiger partial charge is 0.226 e. The van der Waals surface area contributed by atoms with Crippen LogP contribution in [0.1, 0.15) is 36.3 Å². The number of halogens is 1. The summed E-state index contributed by atoms with van der Waals surface area (Å²) in [6, 6.07) is 16.0. The Morgan fingerprint density at radius 1 is 1.08 bits per heavy atom. The van der Waals surface area contributed by atoms with Gasteiger partial charge in [-0.3, -0.25) is 4.57 Å². The lowest BCUT2D eigenvalue weighted by Crippen LogP contribution is -2.28. The number of hydrogen-bond acceptors (Lipinski definition) is 9. The third kappa shape index (κ3) is 3.88. The van der Waals surface area contributed by atoms with Crippen LogP contribution in [0.5, 0.6) is 0 Å². The summed E-state index contributed by atoms with van der Waals surface area (Å²) in [6.07, 6.45) is -2.19. The number of anilines is 1.